The zero-order valence-corrected chi connectivity index (χ0v) is 15.2. The second-order valence-corrected chi connectivity index (χ2v) is 6.89. The van der Waals surface area contributed by atoms with Gasteiger partial charge in [-0.05, 0) is 30.2 Å². The average molecular weight is 364 g/mol. The molecule has 3 N–H and O–H groups in total. The molecule has 2 heterocycles. The van der Waals surface area contributed by atoms with Gasteiger partial charge in [-0.15, -0.1) is 0 Å². The lowest BCUT2D eigenvalue weighted by Crippen LogP contribution is -2.37. The van der Waals surface area contributed by atoms with Crippen LogP contribution in [0.3, 0.4) is 0 Å². The normalized spacial score (nSPS) is 19.6. The SMILES string of the molecule is NC(=NCc1cccc(N2CCCC2=O)c1)NC1CCOc2ccccc21. The van der Waals surface area contributed by atoms with Crippen LogP contribution < -0.4 is 20.7 Å². The number of hydrogen-bond acceptors (Lipinski definition) is 3. The number of anilines is 1. The lowest BCUT2D eigenvalue weighted by Gasteiger charge is -2.26. The van der Waals surface area contributed by atoms with Crippen LogP contribution in [-0.4, -0.2) is 25.0 Å². The smallest absolute Gasteiger partial charge is 0.227 e. The van der Waals surface area contributed by atoms with E-state index in [-0.39, 0.29) is 11.9 Å². The molecule has 1 fully saturated rings. The molecule has 0 saturated carbocycles. The number of nitrogens with one attached hydrogen (secondary N) is 1. The molecule has 1 saturated heterocycles. The van der Waals surface area contributed by atoms with Gasteiger partial charge in [0.1, 0.15) is 5.75 Å². The maximum Gasteiger partial charge on any atom is 0.227 e. The number of benzene rings is 2. The third-order valence-corrected chi connectivity index (χ3v) is 5.01. The fourth-order valence-corrected chi connectivity index (χ4v) is 3.64. The van der Waals surface area contributed by atoms with Crippen molar-refractivity contribution in [1.82, 2.24) is 5.32 Å². The monoisotopic (exact) mass is 364 g/mol. The standard InChI is InChI=1S/C21H24N4O2/c22-21(24-18-10-12-27-19-8-2-1-7-17(18)19)23-14-15-5-3-6-16(13-15)25-11-4-9-20(25)26/h1-3,5-8,13,18H,4,9-12,14H2,(H3,22,23,24). The number of ether oxygens (including phenoxy) is 1. The number of nitrogens with zero attached hydrogens (tertiary/aromatic N) is 2. The van der Waals surface area contributed by atoms with Crippen molar-refractivity contribution in [2.75, 3.05) is 18.1 Å². The van der Waals surface area contributed by atoms with Crippen LogP contribution in [0.4, 0.5) is 5.69 Å². The van der Waals surface area contributed by atoms with E-state index in [1.807, 2.05) is 47.4 Å². The lowest BCUT2D eigenvalue weighted by molar-refractivity contribution is -0.117. The number of rotatable bonds is 4. The average Bonchev–Trinajstić information content (AvgIpc) is 3.13. The van der Waals surface area contributed by atoms with Crippen molar-refractivity contribution < 1.29 is 9.53 Å². The van der Waals surface area contributed by atoms with Gasteiger partial charge in [0.2, 0.25) is 5.91 Å². The number of hydrogen-bond donors (Lipinski definition) is 2. The first-order chi connectivity index (χ1) is 13.2. The summed E-state index contributed by atoms with van der Waals surface area (Å²) in [7, 11) is 0. The van der Waals surface area contributed by atoms with Gasteiger partial charge in [0.25, 0.3) is 0 Å². The minimum Gasteiger partial charge on any atom is -0.493 e. The van der Waals surface area contributed by atoms with Crippen LogP contribution >= 0.6 is 0 Å². The maximum absolute atomic E-state index is 11.9. The number of fused-ring (bicyclic) bond motifs is 1. The van der Waals surface area contributed by atoms with E-state index < -0.39 is 0 Å². The van der Waals surface area contributed by atoms with Crippen LogP contribution in [0.5, 0.6) is 5.75 Å². The summed E-state index contributed by atoms with van der Waals surface area (Å²) in [5, 5.41) is 3.31. The Kier molecular flexibility index (Phi) is 4.96. The second kappa shape index (κ2) is 7.70. The number of para-hydroxylation sites is 1. The van der Waals surface area contributed by atoms with Gasteiger partial charge in [0.15, 0.2) is 5.96 Å². The zero-order valence-electron chi connectivity index (χ0n) is 15.2. The summed E-state index contributed by atoms with van der Waals surface area (Å²) < 4.78 is 5.68. The number of aliphatic imine (C=N–C) groups is 1. The Labute approximate surface area is 159 Å². The Morgan fingerprint density at radius 2 is 2.15 bits per heavy atom. The molecule has 0 bridgehead atoms. The third-order valence-electron chi connectivity index (χ3n) is 5.01. The van der Waals surface area contributed by atoms with Crippen LogP contribution in [0.25, 0.3) is 0 Å². The molecule has 0 radical (unpaired) electrons. The Bertz CT molecular complexity index is 865. The molecule has 1 unspecified atom stereocenters. The van der Waals surface area contributed by atoms with Gasteiger partial charge in [-0.1, -0.05) is 30.3 Å². The number of carbonyl (C=O) groups excluding carboxylic acids is 1. The Morgan fingerprint density at radius 1 is 1.26 bits per heavy atom. The van der Waals surface area contributed by atoms with E-state index in [2.05, 4.69) is 16.4 Å². The van der Waals surface area contributed by atoms with Gasteiger partial charge in [-0.2, -0.15) is 0 Å². The number of guanidine groups is 1. The van der Waals surface area contributed by atoms with Crippen molar-refractivity contribution in [2.24, 2.45) is 10.7 Å². The van der Waals surface area contributed by atoms with E-state index >= 15 is 0 Å². The summed E-state index contributed by atoms with van der Waals surface area (Å²) in [6, 6.07) is 16.1. The first-order valence-corrected chi connectivity index (χ1v) is 9.38. The maximum atomic E-state index is 11.9. The summed E-state index contributed by atoms with van der Waals surface area (Å²) in [4.78, 5) is 18.3. The van der Waals surface area contributed by atoms with E-state index in [0.717, 1.165) is 42.0 Å². The summed E-state index contributed by atoms with van der Waals surface area (Å²) in [5.74, 6) is 1.51. The molecule has 2 aliphatic heterocycles. The zero-order chi connectivity index (χ0) is 18.6. The topological polar surface area (TPSA) is 80.0 Å². The van der Waals surface area contributed by atoms with E-state index in [0.29, 0.717) is 25.5 Å². The fourth-order valence-electron chi connectivity index (χ4n) is 3.64. The van der Waals surface area contributed by atoms with Crippen molar-refractivity contribution in [3.8, 4) is 5.75 Å². The largest absolute Gasteiger partial charge is 0.493 e. The molecule has 4 rings (SSSR count). The number of carbonyl (C=O) groups is 1. The molecule has 0 aliphatic carbocycles. The van der Waals surface area contributed by atoms with Crippen LogP contribution in [0.1, 0.15) is 36.4 Å². The van der Waals surface area contributed by atoms with E-state index in [1.54, 1.807) is 0 Å². The first-order valence-electron chi connectivity index (χ1n) is 9.38. The van der Waals surface area contributed by atoms with Crippen molar-refractivity contribution in [2.45, 2.75) is 31.8 Å². The minimum absolute atomic E-state index is 0.104. The van der Waals surface area contributed by atoms with Crippen LogP contribution in [0.2, 0.25) is 0 Å². The van der Waals surface area contributed by atoms with Crippen molar-refractivity contribution in [1.29, 1.82) is 0 Å². The Morgan fingerprint density at radius 3 is 3.00 bits per heavy atom. The molecule has 6 heteroatoms. The summed E-state index contributed by atoms with van der Waals surface area (Å²) in [6.45, 7) is 1.92. The highest BCUT2D eigenvalue weighted by Gasteiger charge is 2.22. The molecule has 2 aliphatic rings. The molecule has 140 valence electrons. The third kappa shape index (κ3) is 3.89. The van der Waals surface area contributed by atoms with Gasteiger partial charge < -0.3 is 20.7 Å². The molecule has 1 atom stereocenters. The van der Waals surface area contributed by atoms with Crippen LogP contribution in [0, 0.1) is 0 Å². The minimum atomic E-state index is 0.104. The second-order valence-electron chi connectivity index (χ2n) is 6.89. The predicted octanol–water partition coefficient (Wildman–Crippen LogP) is 2.74. The molecule has 6 nitrogen and oxygen atoms in total. The van der Waals surface area contributed by atoms with E-state index in [4.69, 9.17) is 10.5 Å². The predicted molar refractivity (Wildman–Crippen MR) is 106 cm³/mol. The molecule has 0 spiro atoms. The molecular weight excluding hydrogens is 340 g/mol. The fraction of sp³-hybridized carbons (Fsp3) is 0.333. The van der Waals surface area contributed by atoms with Gasteiger partial charge >= 0.3 is 0 Å². The Balaban J connectivity index is 1.42. The van der Waals surface area contributed by atoms with Gasteiger partial charge in [-0.3, -0.25) is 4.79 Å². The van der Waals surface area contributed by atoms with Gasteiger partial charge in [-0.25, -0.2) is 4.99 Å². The number of nitrogens with two attached hydrogens (primary N) is 1. The first kappa shape index (κ1) is 17.4. The number of amides is 1. The van der Waals surface area contributed by atoms with Gasteiger partial charge in [0.05, 0.1) is 19.2 Å². The summed E-state index contributed by atoms with van der Waals surface area (Å²) in [6.07, 6.45) is 2.40. The summed E-state index contributed by atoms with van der Waals surface area (Å²) in [5.41, 5.74) is 9.20. The summed E-state index contributed by atoms with van der Waals surface area (Å²) >= 11 is 0. The quantitative estimate of drug-likeness (QED) is 0.646. The van der Waals surface area contributed by atoms with Crippen molar-refractivity contribution >= 4 is 17.6 Å². The molecule has 0 aromatic heterocycles. The van der Waals surface area contributed by atoms with Crippen LogP contribution in [0.15, 0.2) is 53.5 Å². The molecule has 1 amide bonds. The van der Waals surface area contributed by atoms with Crippen molar-refractivity contribution in [3.05, 3.63) is 59.7 Å². The highest BCUT2D eigenvalue weighted by molar-refractivity contribution is 5.95. The molecule has 27 heavy (non-hydrogen) atoms. The van der Waals surface area contributed by atoms with Crippen LogP contribution in [-0.2, 0) is 11.3 Å². The van der Waals surface area contributed by atoms with Crippen molar-refractivity contribution in [3.63, 3.8) is 0 Å². The molecule has 2 aromatic rings. The highest BCUT2D eigenvalue weighted by Crippen LogP contribution is 2.31. The lowest BCUT2D eigenvalue weighted by atomic mass is 10.0. The molecule has 2 aromatic carbocycles. The highest BCUT2D eigenvalue weighted by atomic mass is 16.5. The Hall–Kier alpha value is -3.02. The van der Waals surface area contributed by atoms with E-state index in [9.17, 15) is 4.79 Å². The van der Waals surface area contributed by atoms with E-state index in [1.165, 1.54) is 0 Å². The van der Waals surface area contributed by atoms with Gasteiger partial charge in [0, 0.05) is 30.6 Å². The molecular formula is C21H24N4O2.